The number of thioether (sulfide) groups is 1. The number of carbonyl (C=O) groups is 1. The van der Waals surface area contributed by atoms with Gasteiger partial charge < -0.3 is 4.55 Å². The number of thiophene rings is 1. The third kappa shape index (κ3) is 4.59. The Morgan fingerprint density at radius 2 is 2.06 bits per heavy atom. The number of halogens is 2. The molecule has 1 aromatic carbocycles. The molecule has 35 heavy (non-hydrogen) atoms. The molecule has 1 N–H and O–H groups in total. The lowest BCUT2D eigenvalue weighted by molar-refractivity contribution is -0.655. The predicted molar refractivity (Wildman–Crippen MR) is 141 cm³/mol. The van der Waals surface area contributed by atoms with Crippen LogP contribution in [0.1, 0.15) is 11.4 Å². The number of amides is 1. The van der Waals surface area contributed by atoms with E-state index in [4.69, 9.17) is 11.6 Å². The molecular weight excluding hydrogens is 642 g/mol. The Hall–Kier alpha value is -1.04. The predicted octanol–water partition coefficient (Wildman–Crippen LogP) is 3.43. The van der Waals surface area contributed by atoms with E-state index in [1.54, 1.807) is 28.8 Å². The first kappa shape index (κ1) is 25.6. The smallest absolute Gasteiger partial charge is 0.299 e. The molecule has 1 amide bonds. The average Bonchev–Trinajstić information content (AvgIpc) is 3.28. The Morgan fingerprint density at radius 1 is 1.31 bits per heavy atom. The van der Waals surface area contributed by atoms with E-state index in [0.717, 1.165) is 24.5 Å². The first-order chi connectivity index (χ1) is 16.3. The van der Waals surface area contributed by atoms with Gasteiger partial charge in [0.05, 0.1) is 34.0 Å². The molecule has 2 aliphatic heterocycles. The molecule has 186 valence electrons. The van der Waals surface area contributed by atoms with Crippen LogP contribution in [0.3, 0.4) is 0 Å². The summed E-state index contributed by atoms with van der Waals surface area (Å²) in [7, 11) is -8.36. The highest BCUT2D eigenvalue weighted by Crippen LogP contribution is 2.58. The highest BCUT2D eigenvalue weighted by molar-refractivity contribution is 9.11. The molecule has 1 spiro atoms. The van der Waals surface area contributed by atoms with Crippen LogP contribution >= 0.6 is 62.0 Å². The number of rotatable bonds is 5. The first-order valence-corrected chi connectivity index (χ1v) is 16.9. The molecule has 9 nitrogen and oxygen atoms in total. The number of thiazole rings is 1. The summed E-state index contributed by atoms with van der Waals surface area (Å²) < 4.78 is 64.9. The van der Waals surface area contributed by atoms with Crippen LogP contribution in [-0.4, -0.2) is 45.5 Å². The lowest BCUT2D eigenvalue weighted by Crippen LogP contribution is -2.66. The second kappa shape index (κ2) is 8.77. The molecule has 16 heteroatoms. The molecule has 5 rings (SSSR count). The fourth-order valence-electron chi connectivity index (χ4n) is 4.36. The van der Waals surface area contributed by atoms with Gasteiger partial charge in [-0.1, -0.05) is 22.9 Å². The number of carbonyl (C=O) groups excluding carboxylic acids is 1. The van der Waals surface area contributed by atoms with Crippen LogP contribution < -0.4 is 13.8 Å². The van der Waals surface area contributed by atoms with E-state index in [-0.39, 0.29) is 17.4 Å². The third-order valence-electron chi connectivity index (χ3n) is 5.76. The molecule has 1 fully saturated rings. The van der Waals surface area contributed by atoms with Crippen molar-refractivity contribution in [1.29, 1.82) is 0 Å². The quantitative estimate of drug-likeness (QED) is 0.253. The van der Waals surface area contributed by atoms with Gasteiger partial charge in [-0.2, -0.15) is 4.57 Å². The van der Waals surface area contributed by atoms with Crippen molar-refractivity contribution in [2.45, 2.75) is 23.2 Å². The Bertz CT molecular complexity index is 1650. The zero-order chi connectivity index (χ0) is 25.3. The van der Waals surface area contributed by atoms with Crippen molar-refractivity contribution in [1.82, 2.24) is 9.21 Å². The summed E-state index contributed by atoms with van der Waals surface area (Å²) in [5.74, 6) is -0.707. The number of quaternary nitrogens is 1. The van der Waals surface area contributed by atoms with Gasteiger partial charge in [0.25, 0.3) is 10.9 Å². The van der Waals surface area contributed by atoms with Crippen LogP contribution in [0.2, 0.25) is 5.02 Å². The minimum Gasteiger partial charge on any atom is -0.743 e. The van der Waals surface area contributed by atoms with Crippen molar-refractivity contribution < 1.29 is 30.7 Å². The maximum atomic E-state index is 12.5. The molecule has 4 heterocycles. The van der Waals surface area contributed by atoms with Crippen molar-refractivity contribution in [3.8, 4) is 0 Å². The van der Waals surface area contributed by atoms with E-state index in [9.17, 15) is 26.2 Å². The SMILES string of the molecule is CS(=O)(=O)NC(=O)C[n+]1c(C=C2Sc3ccc(Cl)cc3[N+]23CCC3S(=O)(=O)[O-])sc2sc(Br)cc21. The largest absolute Gasteiger partial charge is 0.743 e. The van der Waals surface area contributed by atoms with Crippen molar-refractivity contribution >= 4 is 109 Å². The molecule has 1 saturated heterocycles. The number of aromatic nitrogens is 1. The summed E-state index contributed by atoms with van der Waals surface area (Å²) in [5.41, 5.74) is 1.39. The van der Waals surface area contributed by atoms with Gasteiger partial charge >= 0.3 is 0 Å². The standard InChI is InChI=1S/C19H15BrClN3O6S5/c1-34(26,27)22-15(25)9-23-11-7-14(20)32-19(11)33-16(23)8-17-24(5-4-18(24)35(28,29)30)12-6-10(21)2-3-13(12)31-17/h2-3,6-8,18H,4-5,9H2,1H3/p+1. The fraction of sp³-hybridized carbons (Fsp3) is 0.263. The Balaban J connectivity index is 1.66. The van der Waals surface area contributed by atoms with E-state index in [0.29, 0.717) is 27.3 Å². The van der Waals surface area contributed by atoms with E-state index < -0.39 is 31.4 Å². The van der Waals surface area contributed by atoms with Crippen LogP contribution in [-0.2, 0) is 31.5 Å². The van der Waals surface area contributed by atoms with Crippen molar-refractivity contribution in [2.75, 3.05) is 12.8 Å². The Labute approximate surface area is 226 Å². The maximum Gasteiger partial charge on any atom is 0.299 e. The number of fused-ring (bicyclic) bond motifs is 3. The zero-order valence-corrected chi connectivity index (χ0v) is 24.2. The summed E-state index contributed by atoms with van der Waals surface area (Å²) in [4.78, 5) is 13.3. The molecule has 0 saturated carbocycles. The van der Waals surface area contributed by atoms with E-state index >= 15 is 0 Å². The molecule has 0 bridgehead atoms. The van der Waals surface area contributed by atoms with Crippen molar-refractivity contribution in [3.63, 3.8) is 0 Å². The maximum absolute atomic E-state index is 12.5. The number of benzene rings is 1. The van der Waals surface area contributed by atoms with Gasteiger partial charge in [-0.15, -0.1) is 11.3 Å². The first-order valence-electron chi connectivity index (χ1n) is 9.93. The molecule has 2 aromatic heterocycles. The van der Waals surface area contributed by atoms with Gasteiger partial charge in [0, 0.05) is 17.2 Å². The summed E-state index contributed by atoms with van der Waals surface area (Å²) in [5, 5.41) is 0.502. The second-order valence-electron chi connectivity index (χ2n) is 8.07. The highest BCUT2D eigenvalue weighted by atomic mass is 79.9. The lowest BCUT2D eigenvalue weighted by atomic mass is 10.1. The normalized spacial score (nSPS) is 23.1. The number of sulfonamides is 1. The summed E-state index contributed by atoms with van der Waals surface area (Å²) in [6.07, 6.45) is 2.91. The number of nitrogens with one attached hydrogen (secondary N) is 1. The van der Waals surface area contributed by atoms with Gasteiger partial charge in [0.15, 0.2) is 30.2 Å². The fourth-order valence-corrected chi connectivity index (χ4v) is 10.9. The molecule has 0 radical (unpaired) electrons. The van der Waals surface area contributed by atoms with Gasteiger partial charge in [-0.25, -0.2) is 26.0 Å². The van der Waals surface area contributed by atoms with Crippen LogP contribution in [0.4, 0.5) is 5.69 Å². The minimum atomic E-state index is -4.62. The Morgan fingerprint density at radius 3 is 2.69 bits per heavy atom. The molecule has 2 aliphatic rings. The summed E-state index contributed by atoms with van der Waals surface area (Å²) in [6, 6.07) is 7.04. The van der Waals surface area contributed by atoms with Crippen LogP contribution in [0.15, 0.2) is 38.0 Å². The van der Waals surface area contributed by atoms with Crippen LogP contribution in [0, 0.1) is 0 Å². The second-order valence-corrected chi connectivity index (χ2v) is 16.6. The van der Waals surface area contributed by atoms with E-state index in [1.165, 1.54) is 34.4 Å². The number of nitrogens with zero attached hydrogens (tertiary/aromatic N) is 2. The Kier molecular flexibility index (Phi) is 6.42. The zero-order valence-electron chi connectivity index (χ0n) is 17.7. The van der Waals surface area contributed by atoms with E-state index in [2.05, 4.69) is 15.9 Å². The monoisotopic (exact) mass is 656 g/mol. The molecule has 3 aromatic rings. The third-order valence-corrected chi connectivity index (χ3v) is 11.9. The van der Waals surface area contributed by atoms with E-state index in [1.807, 2.05) is 10.8 Å². The van der Waals surface area contributed by atoms with Gasteiger partial charge in [0.1, 0.15) is 0 Å². The van der Waals surface area contributed by atoms with Crippen molar-refractivity contribution in [3.05, 3.63) is 43.1 Å². The molecular formula is C19H16BrClN3O6S5+. The lowest BCUT2D eigenvalue weighted by Gasteiger charge is -2.49. The topological polar surface area (TPSA) is 124 Å². The van der Waals surface area contributed by atoms with Gasteiger partial charge in [0.2, 0.25) is 22.1 Å². The molecule has 2 unspecified atom stereocenters. The van der Waals surface area contributed by atoms with Crippen molar-refractivity contribution in [2.24, 2.45) is 0 Å². The molecule has 0 aliphatic carbocycles. The van der Waals surface area contributed by atoms with Gasteiger partial charge in [-0.3, -0.25) is 4.79 Å². The van der Waals surface area contributed by atoms with Gasteiger partial charge in [-0.05, 0) is 39.8 Å². The van der Waals surface area contributed by atoms with Crippen LogP contribution in [0.25, 0.3) is 15.6 Å². The summed E-state index contributed by atoms with van der Waals surface area (Å²) >= 11 is 13.9. The number of hydrogen-bond donors (Lipinski definition) is 1. The minimum absolute atomic E-state index is 0.142. The van der Waals surface area contributed by atoms with Crippen LogP contribution in [0.5, 0.6) is 0 Å². The number of hydrogen-bond acceptors (Lipinski definition) is 9. The molecule has 2 atom stereocenters. The average molecular weight is 658 g/mol. The highest BCUT2D eigenvalue weighted by Gasteiger charge is 2.60. The summed E-state index contributed by atoms with van der Waals surface area (Å²) in [6.45, 7) is 0.153.